The van der Waals surface area contributed by atoms with Crippen molar-refractivity contribution in [2.24, 2.45) is 0 Å². The zero-order valence-corrected chi connectivity index (χ0v) is 10.0. The first-order chi connectivity index (χ1) is 5.64. The Kier molecular flexibility index (Phi) is 6.45. The summed E-state index contributed by atoms with van der Waals surface area (Å²) in [6.07, 6.45) is 0. The van der Waals surface area contributed by atoms with E-state index in [4.69, 9.17) is 21.6 Å². The van der Waals surface area contributed by atoms with Crippen LogP contribution >= 0.6 is 11.6 Å². The molecule has 0 heterocycles. The van der Waals surface area contributed by atoms with Crippen LogP contribution in [-0.4, -0.2) is 27.2 Å². The van der Waals surface area contributed by atoms with Crippen molar-refractivity contribution in [2.75, 3.05) is 27.2 Å². The molecule has 0 aromatic heterocycles. The van der Waals surface area contributed by atoms with Gasteiger partial charge >= 0.3 is 83.4 Å². The fourth-order valence-corrected chi connectivity index (χ4v) is 3.77. The molecule has 0 radical (unpaired) electrons. The molecule has 12 heavy (non-hydrogen) atoms. The number of hydrogen-bond acceptors (Lipinski definition) is 3. The van der Waals surface area contributed by atoms with Crippen molar-refractivity contribution in [2.45, 2.75) is 4.73 Å². The normalized spacial score (nSPS) is 11.7. The molecule has 0 aromatic carbocycles. The predicted octanol–water partition coefficient (Wildman–Crippen LogP) is 2.04. The molecule has 0 unspecified atom stereocenters. The van der Waals surface area contributed by atoms with Crippen LogP contribution in [0.3, 0.4) is 0 Å². The second-order valence-corrected chi connectivity index (χ2v) is 7.22. The molecule has 0 aliphatic rings. The van der Waals surface area contributed by atoms with Gasteiger partial charge in [-0.05, 0) is 0 Å². The van der Waals surface area contributed by atoms with Crippen LogP contribution < -0.4 is 0 Å². The van der Waals surface area contributed by atoms with Crippen LogP contribution in [0.15, 0.2) is 12.2 Å². The number of halogens is 1. The molecule has 0 aliphatic heterocycles. The summed E-state index contributed by atoms with van der Waals surface area (Å²) in [5.74, 6) is 0.420. The van der Waals surface area contributed by atoms with Gasteiger partial charge in [-0.15, -0.1) is 0 Å². The third kappa shape index (κ3) is 3.56. The molecule has 0 saturated carbocycles. The second kappa shape index (κ2) is 6.14. The third-order valence-electron chi connectivity index (χ3n) is 1.59. The minimum atomic E-state index is -2.99. The molecule has 0 bridgehead atoms. The van der Waals surface area contributed by atoms with E-state index in [-0.39, 0.29) is 0 Å². The van der Waals surface area contributed by atoms with Gasteiger partial charge in [-0.3, -0.25) is 0 Å². The van der Waals surface area contributed by atoms with Crippen molar-refractivity contribution in [1.82, 2.24) is 0 Å². The maximum atomic E-state index is 5.59. The van der Waals surface area contributed by atoms with Crippen LogP contribution in [0, 0.1) is 0 Å². The Morgan fingerprint density at radius 3 is 1.92 bits per heavy atom. The summed E-state index contributed by atoms with van der Waals surface area (Å²) in [6.45, 7) is 3.78. The summed E-state index contributed by atoms with van der Waals surface area (Å²) < 4.78 is 16.3. The molecule has 0 fully saturated rings. The number of alkyl halides is 1. The maximum absolute atomic E-state index is 5.59. The van der Waals surface area contributed by atoms with E-state index < -0.39 is 17.8 Å². The standard InChI is InChI=1S/C4H6Cl.3CH3O.Ti/c1-4(2)3-5;3*1-2;/h1-3H2;3*1H3;/q;3*-1;+3. The van der Waals surface area contributed by atoms with Crippen molar-refractivity contribution >= 4 is 11.6 Å². The van der Waals surface area contributed by atoms with Gasteiger partial charge in [0.2, 0.25) is 0 Å². The summed E-state index contributed by atoms with van der Waals surface area (Å²) in [7, 11) is 4.78. The SMILES string of the molecule is C=C(CCl)[CH2][Ti]([O]C)([O]C)[O]C. The fourth-order valence-electron chi connectivity index (χ4n) is 0.820. The number of hydrogen-bond donors (Lipinski definition) is 0. The van der Waals surface area contributed by atoms with Gasteiger partial charge in [0.05, 0.1) is 0 Å². The molecule has 0 aromatic rings. The Hall–Kier alpha value is 0.624. The van der Waals surface area contributed by atoms with Crippen molar-refractivity contribution in [1.29, 1.82) is 0 Å². The Morgan fingerprint density at radius 1 is 1.25 bits per heavy atom. The first-order valence-corrected chi connectivity index (χ1v) is 7.07. The molecule has 0 spiro atoms. The van der Waals surface area contributed by atoms with Gasteiger partial charge in [0.25, 0.3) is 0 Å². The first kappa shape index (κ1) is 12.6. The van der Waals surface area contributed by atoms with E-state index in [1.165, 1.54) is 0 Å². The average Bonchev–Trinajstić information content (AvgIpc) is 2.14. The van der Waals surface area contributed by atoms with Gasteiger partial charge in [-0.1, -0.05) is 0 Å². The monoisotopic (exact) mass is 230 g/mol. The zero-order chi connectivity index (χ0) is 9.61. The molecular weight excluding hydrogens is 215 g/mol. The van der Waals surface area contributed by atoms with Crippen LogP contribution in [0.25, 0.3) is 0 Å². The molecule has 0 saturated heterocycles. The van der Waals surface area contributed by atoms with Gasteiger partial charge < -0.3 is 0 Å². The van der Waals surface area contributed by atoms with Gasteiger partial charge in [-0.25, -0.2) is 0 Å². The quantitative estimate of drug-likeness (QED) is 0.397. The van der Waals surface area contributed by atoms with Crippen molar-refractivity contribution in [3.05, 3.63) is 12.2 Å². The third-order valence-corrected chi connectivity index (χ3v) is 6.34. The van der Waals surface area contributed by atoms with E-state index in [2.05, 4.69) is 6.58 Å². The summed E-state index contributed by atoms with van der Waals surface area (Å²) in [5, 5.41) is 0. The first-order valence-electron chi connectivity index (χ1n) is 3.52. The van der Waals surface area contributed by atoms with Gasteiger partial charge in [0.15, 0.2) is 0 Å². The second-order valence-electron chi connectivity index (χ2n) is 2.36. The Balaban J connectivity index is 4.19. The summed E-state index contributed by atoms with van der Waals surface area (Å²) in [5.41, 5.74) is 0.891. The van der Waals surface area contributed by atoms with Gasteiger partial charge in [-0.2, -0.15) is 0 Å². The molecule has 0 amide bonds. The molecule has 0 N–H and O–H groups in total. The topological polar surface area (TPSA) is 27.7 Å². The summed E-state index contributed by atoms with van der Waals surface area (Å²) in [4.78, 5) is 0. The minimum absolute atomic E-state index is 0.420. The van der Waals surface area contributed by atoms with Crippen LogP contribution in [0.2, 0.25) is 4.73 Å². The predicted molar refractivity (Wildman–Crippen MR) is 45.7 cm³/mol. The number of allylic oxidation sites excluding steroid dienone is 1. The molecule has 72 valence electrons. The summed E-state index contributed by atoms with van der Waals surface area (Å²) >= 11 is 2.60. The van der Waals surface area contributed by atoms with Crippen molar-refractivity contribution < 1.29 is 27.7 Å². The van der Waals surface area contributed by atoms with Crippen LogP contribution in [0.4, 0.5) is 0 Å². The van der Waals surface area contributed by atoms with Crippen molar-refractivity contribution in [3.63, 3.8) is 0 Å². The average molecular weight is 231 g/mol. The molecular formula is C7H15ClO3Ti. The zero-order valence-electron chi connectivity index (χ0n) is 7.72. The van der Waals surface area contributed by atoms with Gasteiger partial charge in [0.1, 0.15) is 0 Å². The fraction of sp³-hybridized carbons (Fsp3) is 0.714. The van der Waals surface area contributed by atoms with E-state index in [1.54, 1.807) is 21.3 Å². The van der Waals surface area contributed by atoms with Gasteiger partial charge in [0, 0.05) is 0 Å². The van der Waals surface area contributed by atoms with E-state index in [0.717, 1.165) is 5.57 Å². The Morgan fingerprint density at radius 2 is 1.67 bits per heavy atom. The van der Waals surface area contributed by atoms with E-state index >= 15 is 0 Å². The number of rotatable bonds is 6. The molecule has 5 heteroatoms. The van der Waals surface area contributed by atoms with E-state index in [0.29, 0.717) is 10.6 Å². The van der Waals surface area contributed by atoms with Crippen molar-refractivity contribution in [3.8, 4) is 0 Å². The molecule has 0 atom stereocenters. The van der Waals surface area contributed by atoms with Crippen LogP contribution in [0.5, 0.6) is 0 Å². The van der Waals surface area contributed by atoms with E-state index in [1.807, 2.05) is 0 Å². The van der Waals surface area contributed by atoms with Crippen LogP contribution in [0.1, 0.15) is 0 Å². The Bertz CT molecular complexity index is 139. The van der Waals surface area contributed by atoms with E-state index in [9.17, 15) is 0 Å². The molecule has 0 rings (SSSR count). The molecule has 0 aliphatic carbocycles. The Labute approximate surface area is 83.4 Å². The van der Waals surface area contributed by atoms with Crippen LogP contribution in [-0.2, 0) is 27.7 Å². The molecule has 3 nitrogen and oxygen atoms in total. The summed E-state index contributed by atoms with van der Waals surface area (Å²) in [6, 6.07) is 0.